The molecule has 0 bridgehead atoms. The Morgan fingerprint density at radius 3 is 1.64 bits per heavy atom. The van der Waals surface area contributed by atoms with Crippen molar-refractivity contribution in [3.05, 3.63) is 138 Å². The van der Waals surface area contributed by atoms with E-state index in [9.17, 15) is 58.2 Å². The van der Waals surface area contributed by atoms with Crippen molar-refractivity contribution in [3.63, 3.8) is 0 Å². The second-order valence-electron chi connectivity index (χ2n) is 34.8. The highest BCUT2D eigenvalue weighted by molar-refractivity contribution is 8.00. The van der Waals surface area contributed by atoms with Crippen LogP contribution >= 0.6 is 11.8 Å². The number of rotatable bonds is 25. The smallest absolute Gasteiger partial charge is 0.246 e. The third kappa shape index (κ3) is 28.3. The summed E-state index contributed by atoms with van der Waals surface area (Å²) in [4.78, 5) is 262. The molecule has 3 aliphatic rings. The zero-order valence-corrected chi connectivity index (χ0v) is 77.8. The van der Waals surface area contributed by atoms with Crippen LogP contribution in [0.3, 0.4) is 0 Å². The number of aromatic amines is 2. The summed E-state index contributed by atoms with van der Waals surface area (Å²) in [5, 5.41) is 49.5. The monoisotopic (exact) mass is 1880 g/mol. The number of likely N-dealkylation sites (N-methyl/N-ethyl adjacent to an activating group) is 3. The maximum absolute atomic E-state index is 15.8. The number of H-pyrrole nitrogens is 2. The average Bonchev–Trinajstić information content (AvgIpc) is 1.56. The molecule has 6 aromatic rings. The molecule has 0 unspecified atom stereocenters. The summed E-state index contributed by atoms with van der Waals surface area (Å²) in [5.41, 5.74) is 27.0. The second-order valence-corrected chi connectivity index (χ2v) is 35.9. The summed E-state index contributed by atoms with van der Waals surface area (Å²) in [7, 11) is 3.97. The van der Waals surface area contributed by atoms with Crippen molar-refractivity contribution in [2.45, 2.75) is 228 Å². The number of nitrogens with one attached hydrogen (secondary N) is 12. The molecular formula is C93H129N21O19S. The van der Waals surface area contributed by atoms with Gasteiger partial charge < -0.3 is 121 Å². The Kier molecular flexibility index (Phi) is 39.2. The molecule has 0 aliphatic carbocycles. The number of carbonyl (C=O) groups excluding carboxylic acids is 17. The van der Waals surface area contributed by atoms with Crippen LogP contribution in [0.1, 0.15) is 146 Å². The number of aliphatic hydroxyl groups excluding tert-OH is 1. The number of primary amides is 2. The number of hydrogen-bond acceptors (Lipinski definition) is 22. The summed E-state index contributed by atoms with van der Waals surface area (Å²) in [5.74, 6) is -17.3. The van der Waals surface area contributed by atoms with Crippen LogP contribution in [0.25, 0.3) is 21.8 Å². The van der Waals surface area contributed by atoms with Gasteiger partial charge in [-0.15, -0.1) is 11.8 Å². The van der Waals surface area contributed by atoms with Crippen molar-refractivity contribution in [1.29, 1.82) is 0 Å². The molecule has 17 amide bonds. The summed E-state index contributed by atoms with van der Waals surface area (Å²) < 4.78 is 0. The van der Waals surface area contributed by atoms with E-state index in [4.69, 9.17) is 22.9 Å². The number of benzene rings is 4. The maximum atomic E-state index is 15.8. The van der Waals surface area contributed by atoms with E-state index >= 15 is 33.6 Å². The number of hydrogen-bond donors (Lipinski definition) is 18. The number of thioether (sulfide) groups is 1. The molecule has 5 heterocycles. The molecule has 3 aliphatic heterocycles. The first-order valence-corrected chi connectivity index (χ1v) is 46.6. The van der Waals surface area contributed by atoms with Crippen LogP contribution in [0, 0.1) is 5.92 Å². The van der Waals surface area contributed by atoms with Gasteiger partial charge in [0.05, 0.1) is 25.3 Å². The average molecular weight is 1880 g/mol. The molecular weight excluding hydrogens is 1750 g/mol. The quantitative estimate of drug-likeness (QED) is 0.0326. The number of aromatic hydroxyl groups is 1. The Bertz CT molecular complexity index is 5150. The van der Waals surface area contributed by atoms with Gasteiger partial charge in [-0.3, -0.25) is 81.5 Å². The van der Waals surface area contributed by atoms with Crippen molar-refractivity contribution in [3.8, 4) is 5.75 Å². The number of nitrogens with zero attached hydrogens (tertiary/aromatic N) is 5. The van der Waals surface area contributed by atoms with Crippen molar-refractivity contribution >= 4 is 134 Å². The number of phenols is 1. The fourth-order valence-corrected chi connectivity index (χ4v) is 17.8. The van der Waals surface area contributed by atoms with Crippen molar-refractivity contribution < 1.29 is 91.7 Å². The molecule has 4 aromatic carbocycles. The topological polar surface area (TPSA) is 603 Å². The minimum absolute atomic E-state index is 0.00157. The second kappa shape index (κ2) is 50.2. The van der Waals surface area contributed by atoms with Gasteiger partial charge >= 0.3 is 0 Å². The molecule has 3 saturated heterocycles. The highest BCUT2D eigenvalue weighted by Gasteiger charge is 2.47. The number of fused-ring (bicyclic) bond motifs is 4. The predicted molar refractivity (Wildman–Crippen MR) is 499 cm³/mol. The first-order valence-electron chi connectivity index (χ1n) is 45.5. The van der Waals surface area contributed by atoms with Gasteiger partial charge in [-0.05, 0) is 117 Å². The van der Waals surface area contributed by atoms with Crippen molar-refractivity contribution in [2.24, 2.45) is 28.9 Å². The van der Waals surface area contributed by atoms with Crippen molar-refractivity contribution in [1.82, 2.24) is 87.6 Å². The number of carbonyl (C=O) groups is 17. The lowest BCUT2D eigenvalue weighted by Crippen LogP contribution is -2.62. The molecule has 0 saturated carbocycles. The van der Waals surface area contributed by atoms with E-state index in [1.54, 1.807) is 93.0 Å². The number of nitrogens with two attached hydrogens (primary N) is 4. The number of aliphatic hydroxyl groups is 1. The van der Waals surface area contributed by atoms with Gasteiger partial charge in [-0.2, -0.15) is 0 Å². The lowest BCUT2D eigenvalue weighted by atomic mass is 9.96. The third-order valence-electron chi connectivity index (χ3n) is 24.6. The molecule has 3 fully saturated rings. The molecule has 40 nitrogen and oxygen atoms in total. The first kappa shape index (κ1) is 105. The Morgan fingerprint density at radius 1 is 0.515 bits per heavy atom. The van der Waals surface area contributed by atoms with Gasteiger partial charge in [0.2, 0.25) is 100 Å². The van der Waals surface area contributed by atoms with E-state index in [0.29, 0.717) is 64.2 Å². The predicted octanol–water partition coefficient (Wildman–Crippen LogP) is -1.04. The van der Waals surface area contributed by atoms with Crippen LogP contribution in [0.4, 0.5) is 0 Å². The Balaban J connectivity index is 1.10. The Hall–Kier alpha value is -13.0. The minimum atomic E-state index is -1.86. The van der Waals surface area contributed by atoms with E-state index in [2.05, 4.69) is 63.1 Å². The largest absolute Gasteiger partial charge is 0.508 e. The fourth-order valence-electron chi connectivity index (χ4n) is 17.0. The van der Waals surface area contributed by atoms with Gasteiger partial charge in [-0.25, -0.2) is 0 Å². The normalized spacial score (nSPS) is 24.9. The maximum Gasteiger partial charge on any atom is 0.246 e. The number of unbranched alkanes of at least 4 members (excludes halogenated alkanes) is 2. The molecule has 41 heteroatoms. The molecule has 134 heavy (non-hydrogen) atoms. The van der Waals surface area contributed by atoms with Crippen LogP contribution in [-0.2, 0) is 101 Å². The Morgan fingerprint density at radius 2 is 1.04 bits per heavy atom. The van der Waals surface area contributed by atoms with Gasteiger partial charge in [0, 0.05) is 106 Å². The Labute approximate surface area is 781 Å². The molecule has 726 valence electrons. The summed E-state index contributed by atoms with van der Waals surface area (Å²) in [6.07, 6.45) is 3.63. The lowest BCUT2D eigenvalue weighted by molar-refractivity contribution is -0.149. The van der Waals surface area contributed by atoms with E-state index in [1.807, 2.05) is 26.0 Å². The highest BCUT2D eigenvalue weighted by Crippen LogP contribution is 2.34. The SMILES string of the molecule is CCCC[C@H]1C(=O)N(C)[C@@H](CCCC)C(=O)N[C@@H](CCCN)C(=O)N[C@H](C(=O)NCC(N)=O)CSCC(=O)N[C@@H](Cc2ccc(O)cc2)C(=O)N(C)[C@@H](C)C(=O)N[C@@H](CC(N)=O)C(=O)N2CCC[C@H]2C(=O)N[C@@H](CN)C(=O)N[C@@H](CC(C)C)C(=O)N2C[C@H](c3ccccc3)C[C@H]2C(=O)N[C@@H](Cc2c[nH]c3ccccc23)C(=O)N[C@@H](CO)C(=O)N[C@@H](Cc2c[nH]c3ccccc23)C(=O)N1C. The first-order chi connectivity index (χ1) is 64.0. The van der Waals surface area contributed by atoms with Gasteiger partial charge in [-0.1, -0.05) is 132 Å². The van der Waals surface area contributed by atoms with Gasteiger partial charge in [0.25, 0.3) is 0 Å². The van der Waals surface area contributed by atoms with Crippen LogP contribution in [0.15, 0.2) is 116 Å². The summed E-state index contributed by atoms with van der Waals surface area (Å²) in [6, 6.07) is 7.67. The summed E-state index contributed by atoms with van der Waals surface area (Å²) in [6.45, 7) is 6.05. The van der Waals surface area contributed by atoms with E-state index in [0.717, 1.165) is 27.1 Å². The number of phenolic OH excluding ortho intramolecular Hbond substituents is 1. The fraction of sp³-hybridized carbons (Fsp3) is 0.516. The third-order valence-corrected chi connectivity index (χ3v) is 25.6. The minimum Gasteiger partial charge on any atom is -0.508 e. The van der Waals surface area contributed by atoms with Crippen LogP contribution < -0.4 is 76.1 Å². The highest BCUT2D eigenvalue weighted by atomic mass is 32.2. The molecule has 0 spiro atoms. The number of para-hydroxylation sites is 2. The van der Waals surface area contributed by atoms with Crippen LogP contribution in [0.2, 0.25) is 0 Å². The van der Waals surface area contributed by atoms with Crippen molar-refractivity contribution in [2.75, 3.05) is 72.0 Å². The standard InChI is InChI=1S/C93H129N21O19S/c1-9-11-29-73-86(126)102-64(28-20-36-94)82(122)109-72(81(121)100-47-78(97)118)50-134-51-79(119)101-67(39-54-32-34-59(116)35-33-54)89(129)110(6)53(5)80(120)104-69(43-77(96)117)91(131)113-37-21-31-74(113)87(127)107-70(44-95)84(124)105-66(38-52(3)4)92(132)114-48-58(55-22-14-13-15-23-55)42-76(114)88(128)103-65(40-56-45-98-62-26-18-16-24-60(56)62)83(123)108-71(49-115)85(125)106-68(41-57-46-99-63-27-19-17-25-61(57)63)90(130)112(8)75(30-12-10-2)93(133)111(73)7/h13-19,22-27,32-35,45-46,52-53,58,64-76,98-99,115-116H,9-12,20-21,28-31,36-44,47-51,94-95H2,1-8H3,(H2,96,117)(H2,97,118)(H,100,121)(H,101,119)(H,102,126)(H,103,128)(H,104,120)(H,105,124)(H,106,125)(H,107,127)(H,108,123)(H,109,122)/t53-,58+,64-,65-,66-,67-,68-,69-,70-,71-,72-,73-,74-,75-,76-/m0/s1. The lowest BCUT2D eigenvalue weighted by Gasteiger charge is -2.36. The number of amides is 17. The molecule has 0 radical (unpaired) electrons. The molecule has 9 rings (SSSR count). The van der Waals surface area contributed by atoms with Crippen LogP contribution in [0.5, 0.6) is 5.75 Å². The van der Waals surface area contributed by atoms with Crippen LogP contribution in [-0.4, -0.2) is 302 Å². The van der Waals surface area contributed by atoms with E-state index < -0.39 is 229 Å². The molecule has 15 atom stereocenters. The molecule has 22 N–H and O–H groups in total. The van der Waals surface area contributed by atoms with E-state index in [-0.39, 0.29) is 102 Å². The zero-order chi connectivity index (χ0) is 97.7. The molecule has 2 aromatic heterocycles. The zero-order valence-electron chi connectivity index (χ0n) is 77.0. The number of aromatic nitrogens is 2. The van der Waals surface area contributed by atoms with Gasteiger partial charge in [0.1, 0.15) is 90.3 Å². The summed E-state index contributed by atoms with van der Waals surface area (Å²) >= 11 is 0.785. The van der Waals surface area contributed by atoms with E-state index in [1.165, 1.54) is 67.0 Å². The van der Waals surface area contributed by atoms with Gasteiger partial charge in [0.15, 0.2) is 0 Å².